The van der Waals surface area contributed by atoms with Crippen LogP contribution >= 0.6 is 0 Å². The first-order valence-corrected chi connectivity index (χ1v) is 8.79. The highest BCUT2D eigenvalue weighted by Crippen LogP contribution is 2.30. The zero-order valence-corrected chi connectivity index (χ0v) is 14.6. The number of rotatable bonds is 5. The highest BCUT2D eigenvalue weighted by atomic mass is 16.5. The number of carbonyl (C=O) groups excluding carboxylic acids is 1. The molecule has 0 spiro atoms. The molecule has 2 aromatic carbocycles. The number of aromatic nitrogens is 3. The molecular formula is C20H20N4O2. The monoisotopic (exact) mass is 348 g/mol. The molecule has 26 heavy (non-hydrogen) atoms. The van der Waals surface area contributed by atoms with Gasteiger partial charge in [0.05, 0.1) is 24.5 Å². The number of hydrogen-bond acceptors (Lipinski definition) is 4. The molecule has 1 aliphatic carbocycles. The summed E-state index contributed by atoms with van der Waals surface area (Å²) in [5.41, 5.74) is 3.63. The Morgan fingerprint density at radius 2 is 2.04 bits per heavy atom. The smallest absolute Gasteiger partial charge is 0.273 e. The lowest BCUT2D eigenvalue weighted by molar-refractivity contribution is 0.0931. The third-order valence-electron chi connectivity index (χ3n) is 4.58. The summed E-state index contributed by atoms with van der Waals surface area (Å²) >= 11 is 0. The van der Waals surface area contributed by atoms with Gasteiger partial charge in [0.25, 0.3) is 5.91 Å². The van der Waals surface area contributed by atoms with Crippen LogP contribution in [0.1, 0.15) is 41.0 Å². The van der Waals surface area contributed by atoms with Gasteiger partial charge in [-0.15, -0.1) is 5.10 Å². The molecule has 0 radical (unpaired) electrons. The van der Waals surface area contributed by atoms with E-state index in [0.717, 1.165) is 24.3 Å². The summed E-state index contributed by atoms with van der Waals surface area (Å²) in [5, 5.41) is 11.2. The van der Waals surface area contributed by atoms with Crippen LogP contribution in [0.15, 0.2) is 54.7 Å². The van der Waals surface area contributed by atoms with Gasteiger partial charge in [-0.3, -0.25) is 4.79 Å². The largest absolute Gasteiger partial charge is 0.494 e. The molecule has 1 N–H and O–H groups in total. The Balaban J connectivity index is 1.47. The number of nitrogens with one attached hydrogen (secondary N) is 1. The standard InChI is InChI=1S/C20H20N4O2/c1-2-26-16-10-8-15(9-11-16)24-13-19(22-23-24)20(25)21-18-12-7-14-5-3-4-6-17(14)18/h3-6,8-11,13,18H,2,7,12H2,1H3,(H,21,25)/t18-/m1/s1. The van der Waals surface area contributed by atoms with Gasteiger partial charge in [-0.25, -0.2) is 4.68 Å². The van der Waals surface area contributed by atoms with Crippen LogP contribution < -0.4 is 10.1 Å². The highest BCUT2D eigenvalue weighted by molar-refractivity contribution is 5.92. The van der Waals surface area contributed by atoms with Crippen molar-refractivity contribution in [1.82, 2.24) is 20.3 Å². The molecule has 0 saturated carbocycles. The Hall–Kier alpha value is -3.15. The topological polar surface area (TPSA) is 69.0 Å². The van der Waals surface area contributed by atoms with Crippen molar-refractivity contribution >= 4 is 5.91 Å². The Kier molecular flexibility index (Phi) is 4.39. The van der Waals surface area contributed by atoms with Crippen LogP contribution in [0.5, 0.6) is 5.75 Å². The van der Waals surface area contributed by atoms with Crippen LogP contribution in [0.4, 0.5) is 0 Å². The van der Waals surface area contributed by atoms with E-state index in [1.165, 1.54) is 11.1 Å². The second kappa shape index (κ2) is 7.00. The van der Waals surface area contributed by atoms with Crippen LogP contribution in [0.2, 0.25) is 0 Å². The first-order valence-electron chi connectivity index (χ1n) is 8.79. The normalized spacial score (nSPS) is 15.5. The Bertz CT molecular complexity index is 918. The van der Waals surface area contributed by atoms with Crippen molar-refractivity contribution in [2.45, 2.75) is 25.8 Å². The minimum atomic E-state index is -0.205. The number of nitrogens with zero attached hydrogens (tertiary/aromatic N) is 3. The zero-order valence-electron chi connectivity index (χ0n) is 14.6. The second-order valence-corrected chi connectivity index (χ2v) is 6.24. The van der Waals surface area contributed by atoms with E-state index in [4.69, 9.17) is 4.74 Å². The van der Waals surface area contributed by atoms with Crippen molar-refractivity contribution in [2.75, 3.05) is 6.61 Å². The van der Waals surface area contributed by atoms with Gasteiger partial charge in [-0.1, -0.05) is 29.5 Å². The van der Waals surface area contributed by atoms with Crippen molar-refractivity contribution in [2.24, 2.45) is 0 Å². The van der Waals surface area contributed by atoms with Gasteiger partial charge in [-0.05, 0) is 55.2 Å². The Labute approximate surface area is 151 Å². The molecule has 0 bridgehead atoms. The van der Waals surface area contributed by atoms with Crippen LogP contribution in [0.25, 0.3) is 5.69 Å². The summed E-state index contributed by atoms with van der Waals surface area (Å²) in [6, 6.07) is 15.8. The molecule has 1 aromatic heterocycles. The van der Waals surface area contributed by atoms with Crippen molar-refractivity contribution in [3.8, 4) is 11.4 Å². The Morgan fingerprint density at radius 3 is 2.85 bits per heavy atom. The second-order valence-electron chi connectivity index (χ2n) is 6.24. The van der Waals surface area contributed by atoms with Crippen LogP contribution in [0, 0.1) is 0 Å². The van der Waals surface area contributed by atoms with E-state index in [2.05, 4.69) is 27.8 Å². The van der Waals surface area contributed by atoms with Crippen LogP contribution in [-0.4, -0.2) is 27.5 Å². The van der Waals surface area contributed by atoms with Crippen LogP contribution in [0.3, 0.4) is 0 Å². The average Bonchev–Trinajstić information content (AvgIpc) is 3.31. The van der Waals surface area contributed by atoms with Crippen molar-refractivity contribution < 1.29 is 9.53 Å². The van der Waals surface area contributed by atoms with Gasteiger partial charge >= 0.3 is 0 Å². The molecule has 0 unspecified atom stereocenters. The van der Waals surface area contributed by atoms with E-state index >= 15 is 0 Å². The number of fused-ring (bicyclic) bond motifs is 1. The van der Waals surface area contributed by atoms with Gasteiger partial charge in [-0.2, -0.15) is 0 Å². The number of ether oxygens (including phenoxy) is 1. The predicted octanol–water partition coefficient (Wildman–Crippen LogP) is 3.08. The number of hydrogen-bond donors (Lipinski definition) is 1. The molecule has 6 heteroatoms. The molecule has 1 heterocycles. The summed E-state index contributed by atoms with van der Waals surface area (Å²) in [6.45, 7) is 2.57. The summed E-state index contributed by atoms with van der Waals surface area (Å²) in [4.78, 5) is 12.5. The molecular weight excluding hydrogens is 328 g/mol. The quantitative estimate of drug-likeness (QED) is 0.769. The fourth-order valence-electron chi connectivity index (χ4n) is 3.30. The minimum Gasteiger partial charge on any atom is -0.494 e. The lowest BCUT2D eigenvalue weighted by Gasteiger charge is -2.12. The molecule has 3 aromatic rings. The molecule has 1 amide bonds. The maximum Gasteiger partial charge on any atom is 0.273 e. The van der Waals surface area contributed by atoms with Gasteiger partial charge in [0.15, 0.2) is 5.69 Å². The van der Waals surface area contributed by atoms with E-state index in [1.54, 1.807) is 10.9 Å². The maximum absolute atomic E-state index is 12.5. The van der Waals surface area contributed by atoms with E-state index in [-0.39, 0.29) is 11.9 Å². The number of aryl methyl sites for hydroxylation is 1. The molecule has 0 aliphatic heterocycles. The van der Waals surface area contributed by atoms with Crippen molar-refractivity contribution in [3.05, 3.63) is 71.5 Å². The van der Waals surface area contributed by atoms with E-state index in [0.29, 0.717) is 12.3 Å². The predicted molar refractivity (Wildman–Crippen MR) is 97.5 cm³/mol. The summed E-state index contributed by atoms with van der Waals surface area (Å²) in [5.74, 6) is 0.595. The van der Waals surface area contributed by atoms with E-state index in [1.807, 2.05) is 43.3 Å². The van der Waals surface area contributed by atoms with Gasteiger partial charge in [0.2, 0.25) is 0 Å². The van der Waals surface area contributed by atoms with Gasteiger partial charge < -0.3 is 10.1 Å². The molecule has 0 fully saturated rings. The molecule has 1 aliphatic rings. The molecule has 0 saturated heterocycles. The SMILES string of the molecule is CCOc1ccc(-n2cc(C(=O)N[C@@H]3CCc4ccccc43)nn2)cc1. The Morgan fingerprint density at radius 1 is 1.23 bits per heavy atom. The fraction of sp³-hybridized carbons (Fsp3) is 0.250. The molecule has 4 rings (SSSR count). The highest BCUT2D eigenvalue weighted by Gasteiger charge is 2.24. The summed E-state index contributed by atoms with van der Waals surface area (Å²) in [6.07, 6.45) is 3.55. The third kappa shape index (κ3) is 3.18. The maximum atomic E-state index is 12.5. The first-order chi connectivity index (χ1) is 12.7. The number of carbonyl (C=O) groups is 1. The summed E-state index contributed by atoms with van der Waals surface area (Å²) < 4.78 is 7.02. The molecule has 1 atom stereocenters. The summed E-state index contributed by atoms with van der Waals surface area (Å²) in [7, 11) is 0. The number of benzene rings is 2. The number of amides is 1. The fourth-order valence-corrected chi connectivity index (χ4v) is 3.30. The van der Waals surface area contributed by atoms with Crippen molar-refractivity contribution in [3.63, 3.8) is 0 Å². The third-order valence-corrected chi connectivity index (χ3v) is 4.58. The zero-order chi connectivity index (χ0) is 17.9. The van der Waals surface area contributed by atoms with Gasteiger partial charge in [0, 0.05) is 0 Å². The molecule has 6 nitrogen and oxygen atoms in total. The van der Waals surface area contributed by atoms with E-state index in [9.17, 15) is 4.79 Å². The van der Waals surface area contributed by atoms with Crippen molar-refractivity contribution in [1.29, 1.82) is 0 Å². The van der Waals surface area contributed by atoms with Crippen LogP contribution in [-0.2, 0) is 6.42 Å². The first kappa shape index (κ1) is 16.3. The molecule has 132 valence electrons. The van der Waals surface area contributed by atoms with Gasteiger partial charge in [0.1, 0.15) is 5.75 Å². The average molecular weight is 348 g/mol. The van der Waals surface area contributed by atoms with E-state index < -0.39 is 0 Å². The lowest BCUT2D eigenvalue weighted by atomic mass is 10.1. The lowest BCUT2D eigenvalue weighted by Crippen LogP contribution is -2.27. The minimum absolute atomic E-state index is 0.0364.